The van der Waals surface area contributed by atoms with Gasteiger partial charge in [0.15, 0.2) is 0 Å². The van der Waals surface area contributed by atoms with Crippen LogP contribution in [0.4, 0.5) is 0 Å². The summed E-state index contributed by atoms with van der Waals surface area (Å²) in [5, 5.41) is 3.45. The maximum Gasteiger partial charge on any atom is 0.0678 e. The average Bonchev–Trinajstić information content (AvgIpc) is 2.44. The van der Waals surface area contributed by atoms with Crippen LogP contribution in [-0.4, -0.2) is 43.3 Å². The first-order valence-corrected chi connectivity index (χ1v) is 8.33. The number of benzene rings is 1. The molecule has 2 unspecified atom stereocenters. The fraction of sp³-hybridized carbons (Fsp3) is 0.667. The maximum atomic E-state index is 5.79. The Labute approximate surface area is 129 Å². The fourth-order valence-electron chi connectivity index (χ4n) is 3.02. The Balaban J connectivity index is 1.79. The van der Waals surface area contributed by atoms with Gasteiger partial charge in [0, 0.05) is 19.6 Å². The standard InChI is InChI=1S/C18H30N2O/c1-4-10-19-11-9-17-5-7-18(8-6-17)14-20-12-15(2)21-16(3)13-20/h5-8,15-16,19H,4,9-14H2,1-3H3. The summed E-state index contributed by atoms with van der Waals surface area (Å²) in [5.41, 5.74) is 2.83. The van der Waals surface area contributed by atoms with Gasteiger partial charge in [0.25, 0.3) is 0 Å². The highest BCUT2D eigenvalue weighted by Gasteiger charge is 2.21. The number of hydrogen-bond acceptors (Lipinski definition) is 3. The van der Waals surface area contributed by atoms with Crippen molar-refractivity contribution < 1.29 is 4.74 Å². The molecule has 0 radical (unpaired) electrons. The summed E-state index contributed by atoms with van der Waals surface area (Å²) in [5.74, 6) is 0. The topological polar surface area (TPSA) is 24.5 Å². The van der Waals surface area contributed by atoms with Crippen LogP contribution in [0.1, 0.15) is 38.3 Å². The van der Waals surface area contributed by atoms with Gasteiger partial charge in [-0.05, 0) is 50.9 Å². The van der Waals surface area contributed by atoms with E-state index in [0.717, 1.165) is 39.1 Å². The van der Waals surface area contributed by atoms with E-state index >= 15 is 0 Å². The van der Waals surface area contributed by atoms with E-state index in [1.807, 2.05) is 0 Å². The third-order valence-electron chi connectivity index (χ3n) is 3.94. The molecule has 3 heteroatoms. The monoisotopic (exact) mass is 290 g/mol. The highest BCUT2D eigenvalue weighted by Crippen LogP contribution is 2.14. The van der Waals surface area contributed by atoms with Crippen molar-refractivity contribution in [3.8, 4) is 0 Å². The van der Waals surface area contributed by atoms with Crippen LogP contribution < -0.4 is 5.32 Å². The lowest BCUT2D eigenvalue weighted by Gasteiger charge is -2.35. The molecule has 0 amide bonds. The Morgan fingerprint density at radius 2 is 1.67 bits per heavy atom. The van der Waals surface area contributed by atoms with Gasteiger partial charge in [-0.2, -0.15) is 0 Å². The van der Waals surface area contributed by atoms with E-state index in [1.54, 1.807) is 0 Å². The molecule has 1 aromatic carbocycles. The van der Waals surface area contributed by atoms with Crippen LogP contribution in [0.25, 0.3) is 0 Å². The van der Waals surface area contributed by atoms with Crippen molar-refractivity contribution in [2.75, 3.05) is 26.2 Å². The van der Waals surface area contributed by atoms with Crippen molar-refractivity contribution >= 4 is 0 Å². The highest BCUT2D eigenvalue weighted by molar-refractivity contribution is 5.22. The molecule has 0 aromatic heterocycles. The van der Waals surface area contributed by atoms with Gasteiger partial charge >= 0.3 is 0 Å². The average molecular weight is 290 g/mol. The van der Waals surface area contributed by atoms with Crippen LogP contribution >= 0.6 is 0 Å². The molecule has 2 rings (SSSR count). The second-order valence-electron chi connectivity index (χ2n) is 6.27. The highest BCUT2D eigenvalue weighted by atomic mass is 16.5. The normalized spacial score (nSPS) is 23.4. The molecule has 1 aliphatic heterocycles. The number of hydrogen-bond donors (Lipinski definition) is 1. The third-order valence-corrected chi connectivity index (χ3v) is 3.94. The Morgan fingerprint density at radius 1 is 1.05 bits per heavy atom. The first-order valence-electron chi connectivity index (χ1n) is 8.33. The molecule has 1 saturated heterocycles. The largest absolute Gasteiger partial charge is 0.373 e. The van der Waals surface area contributed by atoms with Crippen LogP contribution in [0, 0.1) is 0 Å². The number of ether oxygens (including phenoxy) is 1. The van der Waals surface area contributed by atoms with E-state index in [-0.39, 0.29) is 0 Å². The van der Waals surface area contributed by atoms with Crippen LogP contribution in [0.15, 0.2) is 24.3 Å². The minimum Gasteiger partial charge on any atom is -0.373 e. The number of rotatable bonds is 7. The zero-order chi connectivity index (χ0) is 15.1. The van der Waals surface area contributed by atoms with Gasteiger partial charge in [0.1, 0.15) is 0 Å². The number of nitrogens with one attached hydrogen (secondary N) is 1. The van der Waals surface area contributed by atoms with Crippen LogP contribution in [0.5, 0.6) is 0 Å². The van der Waals surface area contributed by atoms with Gasteiger partial charge in [-0.1, -0.05) is 31.2 Å². The van der Waals surface area contributed by atoms with Gasteiger partial charge in [0.05, 0.1) is 12.2 Å². The predicted octanol–water partition coefficient (Wildman–Crippen LogP) is 2.84. The molecular weight excluding hydrogens is 260 g/mol. The summed E-state index contributed by atoms with van der Waals surface area (Å²) in [7, 11) is 0. The van der Waals surface area contributed by atoms with E-state index < -0.39 is 0 Å². The van der Waals surface area contributed by atoms with Crippen molar-refractivity contribution in [1.29, 1.82) is 0 Å². The smallest absolute Gasteiger partial charge is 0.0678 e. The first-order chi connectivity index (χ1) is 10.2. The molecule has 0 spiro atoms. The SMILES string of the molecule is CCCNCCc1ccc(CN2CC(C)OC(C)C2)cc1. The molecule has 1 aromatic rings. The minimum atomic E-state index is 0.345. The Kier molecular flexibility index (Phi) is 6.68. The lowest BCUT2D eigenvalue weighted by molar-refractivity contribution is -0.0704. The molecule has 1 fully saturated rings. The molecular formula is C18H30N2O. The molecule has 0 saturated carbocycles. The zero-order valence-electron chi connectivity index (χ0n) is 13.8. The molecule has 3 nitrogen and oxygen atoms in total. The molecule has 1 N–H and O–H groups in total. The van der Waals surface area contributed by atoms with E-state index in [9.17, 15) is 0 Å². The lowest BCUT2D eigenvalue weighted by Crippen LogP contribution is -2.44. The van der Waals surface area contributed by atoms with Crippen molar-refractivity contribution in [2.24, 2.45) is 0 Å². The summed E-state index contributed by atoms with van der Waals surface area (Å²) in [6.45, 7) is 11.8. The first kappa shape index (κ1) is 16.5. The second kappa shape index (κ2) is 8.52. The molecule has 1 aliphatic rings. The molecule has 21 heavy (non-hydrogen) atoms. The predicted molar refractivity (Wildman–Crippen MR) is 88.6 cm³/mol. The summed E-state index contributed by atoms with van der Waals surface area (Å²) in [4.78, 5) is 2.50. The Hall–Kier alpha value is -0.900. The van der Waals surface area contributed by atoms with Gasteiger partial charge in [-0.25, -0.2) is 0 Å². The third kappa shape index (κ3) is 5.77. The van der Waals surface area contributed by atoms with Crippen LogP contribution in [-0.2, 0) is 17.7 Å². The molecule has 1 heterocycles. The van der Waals surface area contributed by atoms with Gasteiger partial charge < -0.3 is 10.1 Å². The van der Waals surface area contributed by atoms with Gasteiger partial charge in [0.2, 0.25) is 0 Å². The zero-order valence-corrected chi connectivity index (χ0v) is 13.8. The van der Waals surface area contributed by atoms with Crippen molar-refractivity contribution in [2.45, 2.75) is 52.4 Å². The summed E-state index contributed by atoms with van der Waals surface area (Å²) < 4.78 is 5.79. The summed E-state index contributed by atoms with van der Waals surface area (Å²) >= 11 is 0. The summed E-state index contributed by atoms with van der Waals surface area (Å²) in [6, 6.07) is 9.10. The second-order valence-corrected chi connectivity index (χ2v) is 6.27. The van der Waals surface area contributed by atoms with Gasteiger partial charge in [-0.3, -0.25) is 4.90 Å². The minimum absolute atomic E-state index is 0.345. The van der Waals surface area contributed by atoms with E-state index in [1.165, 1.54) is 17.5 Å². The Bertz CT molecular complexity index is 394. The number of morpholine rings is 1. The lowest BCUT2D eigenvalue weighted by atomic mass is 10.1. The molecule has 0 aliphatic carbocycles. The van der Waals surface area contributed by atoms with E-state index in [4.69, 9.17) is 4.74 Å². The fourth-order valence-corrected chi connectivity index (χ4v) is 3.02. The van der Waals surface area contributed by atoms with Crippen LogP contribution in [0.3, 0.4) is 0 Å². The molecule has 2 atom stereocenters. The van der Waals surface area contributed by atoms with Gasteiger partial charge in [-0.15, -0.1) is 0 Å². The Morgan fingerprint density at radius 3 is 2.29 bits per heavy atom. The summed E-state index contributed by atoms with van der Waals surface area (Å²) in [6.07, 6.45) is 3.01. The van der Waals surface area contributed by atoms with E-state index in [2.05, 4.69) is 55.3 Å². The molecule has 118 valence electrons. The quantitative estimate of drug-likeness (QED) is 0.782. The van der Waals surface area contributed by atoms with Crippen molar-refractivity contribution in [3.63, 3.8) is 0 Å². The van der Waals surface area contributed by atoms with Crippen molar-refractivity contribution in [1.82, 2.24) is 10.2 Å². The van der Waals surface area contributed by atoms with E-state index in [0.29, 0.717) is 12.2 Å². The molecule has 0 bridgehead atoms. The number of nitrogens with zero attached hydrogens (tertiary/aromatic N) is 1. The van der Waals surface area contributed by atoms with Crippen LogP contribution in [0.2, 0.25) is 0 Å². The maximum absolute atomic E-state index is 5.79. The van der Waals surface area contributed by atoms with Crippen molar-refractivity contribution in [3.05, 3.63) is 35.4 Å².